The number of benzene rings is 1. The number of ether oxygens (including phenoxy) is 2. The first kappa shape index (κ1) is 12.6. The molecule has 1 rings (SSSR count). The van der Waals surface area contributed by atoms with Gasteiger partial charge in [-0.3, -0.25) is 0 Å². The molecule has 0 amide bonds. The van der Waals surface area contributed by atoms with Gasteiger partial charge in [0.15, 0.2) is 0 Å². The second kappa shape index (κ2) is 6.18. The highest BCUT2D eigenvalue weighted by Crippen LogP contribution is 2.23. The van der Waals surface area contributed by atoms with Crippen LogP contribution in [0.5, 0.6) is 11.5 Å². The number of aliphatic hydroxyl groups excluding tert-OH is 1. The van der Waals surface area contributed by atoms with Crippen LogP contribution in [-0.2, 0) is 6.42 Å². The third-order valence-corrected chi connectivity index (χ3v) is 2.32. The molecule has 0 spiro atoms. The highest BCUT2D eigenvalue weighted by atomic mass is 16.5. The molecule has 0 aliphatic heterocycles. The topological polar surface area (TPSA) is 38.7 Å². The lowest BCUT2D eigenvalue weighted by Crippen LogP contribution is -2.09. The summed E-state index contributed by atoms with van der Waals surface area (Å²) in [7, 11) is 3.22. The van der Waals surface area contributed by atoms with E-state index in [1.807, 2.05) is 18.2 Å². The fraction of sp³-hybridized carbons (Fsp3) is 0.385. The smallest absolute Gasteiger partial charge is 0.122 e. The van der Waals surface area contributed by atoms with Crippen LogP contribution in [0.1, 0.15) is 12.0 Å². The lowest BCUT2D eigenvalue weighted by atomic mass is 10.1. The maximum atomic E-state index is 9.68. The number of methoxy groups -OCH3 is 2. The lowest BCUT2D eigenvalue weighted by molar-refractivity contribution is 0.178. The first-order valence-corrected chi connectivity index (χ1v) is 5.20. The van der Waals surface area contributed by atoms with E-state index in [1.54, 1.807) is 20.3 Å². The Morgan fingerprint density at radius 2 is 1.81 bits per heavy atom. The molecule has 1 aromatic rings. The van der Waals surface area contributed by atoms with Crippen LogP contribution in [0.25, 0.3) is 0 Å². The van der Waals surface area contributed by atoms with Crippen molar-refractivity contribution in [2.45, 2.75) is 18.9 Å². The molecule has 3 nitrogen and oxygen atoms in total. The Balaban J connectivity index is 2.81. The summed E-state index contributed by atoms with van der Waals surface area (Å²) in [5.41, 5.74) is 0.991. The zero-order valence-corrected chi connectivity index (χ0v) is 9.77. The first-order chi connectivity index (χ1) is 7.69. The molecule has 0 saturated carbocycles. The summed E-state index contributed by atoms with van der Waals surface area (Å²) in [5, 5.41) is 9.68. The van der Waals surface area contributed by atoms with Gasteiger partial charge in [-0.1, -0.05) is 6.08 Å². The van der Waals surface area contributed by atoms with Crippen molar-refractivity contribution in [3.8, 4) is 11.5 Å². The van der Waals surface area contributed by atoms with E-state index in [0.29, 0.717) is 12.8 Å². The minimum atomic E-state index is -0.408. The molecule has 3 heteroatoms. The van der Waals surface area contributed by atoms with Gasteiger partial charge in [-0.2, -0.15) is 0 Å². The fourth-order valence-corrected chi connectivity index (χ4v) is 1.53. The van der Waals surface area contributed by atoms with E-state index < -0.39 is 6.10 Å². The van der Waals surface area contributed by atoms with Crippen LogP contribution >= 0.6 is 0 Å². The predicted molar refractivity (Wildman–Crippen MR) is 64.1 cm³/mol. The highest BCUT2D eigenvalue weighted by molar-refractivity contribution is 5.38. The molecular formula is C13H18O3. The van der Waals surface area contributed by atoms with Crippen molar-refractivity contribution < 1.29 is 14.6 Å². The number of aliphatic hydroxyl groups is 1. The molecule has 1 atom stereocenters. The summed E-state index contributed by atoms with van der Waals surface area (Å²) in [6, 6.07) is 5.60. The van der Waals surface area contributed by atoms with E-state index in [9.17, 15) is 5.11 Å². The highest BCUT2D eigenvalue weighted by Gasteiger charge is 2.07. The zero-order valence-electron chi connectivity index (χ0n) is 9.77. The Bertz CT molecular complexity index is 325. The Kier molecular flexibility index (Phi) is 4.86. The largest absolute Gasteiger partial charge is 0.497 e. The van der Waals surface area contributed by atoms with Crippen molar-refractivity contribution in [1.29, 1.82) is 0 Å². The minimum Gasteiger partial charge on any atom is -0.497 e. The normalized spacial score (nSPS) is 11.9. The Morgan fingerprint density at radius 1 is 1.25 bits per heavy atom. The van der Waals surface area contributed by atoms with Crippen molar-refractivity contribution in [3.63, 3.8) is 0 Å². The Labute approximate surface area is 96.3 Å². The van der Waals surface area contributed by atoms with Gasteiger partial charge in [0.05, 0.1) is 20.3 Å². The maximum Gasteiger partial charge on any atom is 0.122 e. The first-order valence-electron chi connectivity index (χ1n) is 5.20. The van der Waals surface area contributed by atoms with Crippen LogP contribution in [0.2, 0.25) is 0 Å². The molecule has 0 bridgehead atoms. The molecule has 0 aliphatic carbocycles. The summed E-state index contributed by atoms with van der Waals surface area (Å²) < 4.78 is 10.3. The molecule has 16 heavy (non-hydrogen) atoms. The van der Waals surface area contributed by atoms with E-state index in [-0.39, 0.29) is 0 Å². The predicted octanol–water partition coefficient (Wildman–Crippen LogP) is 2.18. The Hall–Kier alpha value is -1.48. The fourth-order valence-electron chi connectivity index (χ4n) is 1.53. The van der Waals surface area contributed by atoms with Crippen molar-refractivity contribution in [2.75, 3.05) is 14.2 Å². The van der Waals surface area contributed by atoms with E-state index in [1.165, 1.54) is 0 Å². The molecule has 88 valence electrons. The second-order valence-electron chi connectivity index (χ2n) is 3.60. The molecule has 1 unspecified atom stereocenters. The molecule has 0 aliphatic rings. The van der Waals surface area contributed by atoms with E-state index >= 15 is 0 Å². The van der Waals surface area contributed by atoms with Gasteiger partial charge in [0.25, 0.3) is 0 Å². The maximum absolute atomic E-state index is 9.68. The van der Waals surface area contributed by atoms with Crippen LogP contribution in [0.15, 0.2) is 30.9 Å². The van der Waals surface area contributed by atoms with Crippen LogP contribution in [-0.4, -0.2) is 25.4 Å². The molecule has 0 fully saturated rings. The van der Waals surface area contributed by atoms with E-state index in [2.05, 4.69) is 6.58 Å². The number of hydrogen-bond acceptors (Lipinski definition) is 3. The van der Waals surface area contributed by atoms with Gasteiger partial charge in [-0.05, 0) is 30.5 Å². The quantitative estimate of drug-likeness (QED) is 0.750. The second-order valence-corrected chi connectivity index (χ2v) is 3.60. The molecule has 1 N–H and O–H groups in total. The van der Waals surface area contributed by atoms with Gasteiger partial charge in [-0.15, -0.1) is 6.58 Å². The van der Waals surface area contributed by atoms with Crippen LogP contribution in [0.3, 0.4) is 0 Å². The van der Waals surface area contributed by atoms with E-state index in [0.717, 1.165) is 17.1 Å². The minimum absolute atomic E-state index is 0.408. The molecular weight excluding hydrogens is 204 g/mol. The molecule has 0 heterocycles. The molecule has 0 saturated heterocycles. The summed E-state index contributed by atoms with van der Waals surface area (Å²) >= 11 is 0. The summed E-state index contributed by atoms with van der Waals surface area (Å²) in [6.07, 6.45) is 2.45. The molecule has 0 aromatic heterocycles. The van der Waals surface area contributed by atoms with Crippen molar-refractivity contribution >= 4 is 0 Å². The van der Waals surface area contributed by atoms with Gasteiger partial charge in [0.1, 0.15) is 11.5 Å². The SMILES string of the molecule is C=CCC(O)Cc1cc(OC)cc(OC)c1. The summed E-state index contributed by atoms with van der Waals surface area (Å²) in [6.45, 7) is 3.60. The van der Waals surface area contributed by atoms with Gasteiger partial charge in [0, 0.05) is 6.07 Å². The lowest BCUT2D eigenvalue weighted by Gasteiger charge is -2.11. The van der Waals surface area contributed by atoms with Crippen LogP contribution < -0.4 is 9.47 Å². The van der Waals surface area contributed by atoms with Crippen molar-refractivity contribution in [1.82, 2.24) is 0 Å². The molecule has 1 aromatic carbocycles. The summed E-state index contributed by atoms with van der Waals surface area (Å²) in [4.78, 5) is 0. The van der Waals surface area contributed by atoms with Crippen molar-refractivity contribution in [2.24, 2.45) is 0 Å². The zero-order chi connectivity index (χ0) is 12.0. The van der Waals surface area contributed by atoms with Crippen LogP contribution in [0, 0.1) is 0 Å². The monoisotopic (exact) mass is 222 g/mol. The van der Waals surface area contributed by atoms with Crippen molar-refractivity contribution in [3.05, 3.63) is 36.4 Å². The number of hydrogen-bond donors (Lipinski definition) is 1. The van der Waals surface area contributed by atoms with Gasteiger partial charge >= 0.3 is 0 Å². The van der Waals surface area contributed by atoms with Crippen LogP contribution in [0.4, 0.5) is 0 Å². The molecule has 0 radical (unpaired) electrons. The van der Waals surface area contributed by atoms with E-state index in [4.69, 9.17) is 9.47 Å². The average molecular weight is 222 g/mol. The Morgan fingerprint density at radius 3 is 2.25 bits per heavy atom. The average Bonchev–Trinajstić information content (AvgIpc) is 2.28. The third kappa shape index (κ3) is 3.59. The van der Waals surface area contributed by atoms with Gasteiger partial charge in [0.2, 0.25) is 0 Å². The third-order valence-electron chi connectivity index (χ3n) is 2.32. The van der Waals surface area contributed by atoms with Gasteiger partial charge in [-0.25, -0.2) is 0 Å². The number of rotatable bonds is 6. The standard InChI is InChI=1S/C13H18O3/c1-4-5-11(14)6-10-7-12(15-2)9-13(8-10)16-3/h4,7-9,11,14H,1,5-6H2,2-3H3. The van der Waals surface area contributed by atoms with Gasteiger partial charge < -0.3 is 14.6 Å². The summed E-state index contributed by atoms with van der Waals surface area (Å²) in [5.74, 6) is 1.47.